The average Bonchev–Trinajstić information content (AvgIpc) is 2.38. The second-order valence-electron chi connectivity index (χ2n) is 5.58. The van der Waals surface area contributed by atoms with Crippen LogP contribution in [-0.2, 0) is 0 Å². The van der Waals surface area contributed by atoms with Gasteiger partial charge in [-0.1, -0.05) is 0 Å². The van der Waals surface area contributed by atoms with E-state index in [2.05, 4.69) is 41.1 Å². The number of hydrazine groups is 1. The number of nitrogen functional groups attached to an aromatic ring is 1. The lowest BCUT2D eigenvalue weighted by Crippen LogP contribution is -2.50. The summed E-state index contributed by atoms with van der Waals surface area (Å²) in [5.41, 5.74) is 1.89. The molecule has 20 heavy (non-hydrogen) atoms. The van der Waals surface area contributed by atoms with Gasteiger partial charge in [0, 0.05) is 32.7 Å². The largest absolute Gasteiger partial charge is 0.389 e. The number of halogens is 1. The number of aliphatic hydroxyl groups is 1. The number of nitrogens with two attached hydrogens (primary N) is 1. The Bertz CT molecular complexity index is 456. The van der Waals surface area contributed by atoms with Gasteiger partial charge in [-0.2, -0.15) is 0 Å². The van der Waals surface area contributed by atoms with Gasteiger partial charge in [-0.15, -0.1) is 0 Å². The molecule has 0 radical (unpaired) electrons. The van der Waals surface area contributed by atoms with Crippen molar-refractivity contribution in [2.45, 2.75) is 19.4 Å². The molecule has 4 N–H and O–H groups in total. The normalized spacial score (nSPS) is 17.4. The number of aromatic nitrogens is 2. The average molecular weight is 345 g/mol. The summed E-state index contributed by atoms with van der Waals surface area (Å²) in [6.45, 7) is 7.85. The van der Waals surface area contributed by atoms with E-state index in [0.29, 0.717) is 12.4 Å². The van der Waals surface area contributed by atoms with Crippen LogP contribution >= 0.6 is 15.9 Å². The maximum atomic E-state index is 9.86. The van der Waals surface area contributed by atoms with Crippen LogP contribution in [0.1, 0.15) is 13.8 Å². The molecule has 0 spiro atoms. The maximum Gasteiger partial charge on any atom is 0.159 e. The summed E-state index contributed by atoms with van der Waals surface area (Å²) in [7, 11) is 0. The van der Waals surface area contributed by atoms with Crippen molar-refractivity contribution in [1.82, 2.24) is 14.9 Å². The van der Waals surface area contributed by atoms with Gasteiger partial charge in [0.1, 0.15) is 16.6 Å². The van der Waals surface area contributed by atoms with Crippen molar-refractivity contribution in [2.24, 2.45) is 5.84 Å². The van der Waals surface area contributed by atoms with Gasteiger partial charge >= 0.3 is 0 Å². The fourth-order valence-corrected chi connectivity index (χ4v) is 2.92. The van der Waals surface area contributed by atoms with E-state index < -0.39 is 5.60 Å². The molecule has 0 bridgehead atoms. The Morgan fingerprint density at radius 3 is 2.55 bits per heavy atom. The number of nitrogens with zero attached hydrogens (tertiary/aromatic N) is 4. The van der Waals surface area contributed by atoms with Gasteiger partial charge in [-0.25, -0.2) is 15.8 Å². The third-order valence-corrected chi connectivity index (χ3v) is 3.92. The van der Waals surface area contributed by atoms with Gasteiger partial charge in [-0.05, 0) is 29.8 Å². The van der Waals surface area contributed by atoms with Crippen molar-refractivity contribution in [3.05, 3.63) is 10.8 Å². The molecule has 7 nitrogen and oxygen atoms in total. The van der Waals surface area contributed by atoms with Crippen LogP contribution in [0.4, 0.5) is 11.6 Å². The number of anilines is 2. The fourth-order valence-electron chi connectivity index (χ4n) is 2.35. The van der Waals surface area contributed by atoms with Gasteiger partial charge in [-0.3, -0.25) is 4.90 Å². The molecule has 0 atom stereocenters. The van der Waals surface area contributed by atoms with Crippen molar-refractivity contribution in [3.8, 4) is 0 Å². The van der Waals surface area contributed by atoms with E-state index in [1.165, 1.54) is 6.33 Å². The highest BCUT2D eigenvalue weighted by Crippen LogP contribution is 2.29. The van der Waals surface area contributed by atoms with Gasteiger partial charge in [0.2, 0.25) is 0 Å². The monoisotopic (exact) mass is 344 g/mol. The quantitative estimate of drug-likeness (QED) is 0.538. The summed E-state index contributed by atoms with van der Waals surface area (Å²) in [6.07, 6.45) is 1.50. The van der Waals surface area contributed by atoms with Gasteiger partial charge in [0.05, 0.1) is 5.60 Å². The molecule has 1 aromatic heterocycles. The Kier molecular flexibility index (Phi) is 4.79. The van der Waals surface area contributed by atoms with E-state index in [1.54, 1.807) is 0 Å². The van der Waals surface area contributed by atoms with E-state index in [1.807, 2.05) is 13.8 Å². The van der Waals surface area contributed by atoms with Crippen molar-refractivity contribution in [2.75, 3.05) is 43.0 Å². The zero-order valence-corrected chi connectivity index (χ0v) is 13.4. The highest BCUT2D eigenvalue weighted by molar-refractivity contribution is 9.10. The smallest absolute Gasteiger partial charge is 0.159 e. The summed E-state index contributed by atoms with van der Waals surface area (Å²) < 4.78 is 0.776. The minimum absolute atomic E-state index is 0.578. The second-order valence-corrected chi connectivity index (χ2v) is 6.37. The standard InChI is InChI=1S/C12H21BrN6O/c1-12(2,20)7-18-3-5-19(6-4-18)11-9(13)10(17-14)15-8-16-11/h8,20H,3-7,14H2,1-2H3,(H,15,16,17). The molecule has 1 saturated heterocycles. The lowest BCUT2D eigenvalue weighted by molar-refractivity contribution is 0.0344. The SMILES string of the molecule is CC(C)(O)CN1CCN(c2ncnc(NN)c2Br)CC1. The molecular weight excluding hydrogens is 324 g/mol. The lowest BCUT2D eigenvalue weighted by atomic mass is 10.1. The van der Waals surface area contributed by atoms with Crippen LogP contribution < -0.4 is 16.2 Å². The maximum absolute atomic E-state index is 9.86. The molecule has 0 saturated carbocycles. The van der Waals surface area contributed by atoms with E-state index in [0.717, 1.165) is 36.5 Å². The van der Waals surface area contributed by atoms with Crippen LogP contribution in [0, 0.1) is 0 Å². The molecular formula is C12H21BrN6O. The van der Waals surface area contributed by atoms with E-state index >= 15 is 0 Å². The first-order valence-electron chi connectivity index (χ1n) is 6.57. The fraction of sp³-hybridized carbons (Fsp3) is 0.667. The van der Waals surface area contributed by atoms with E-state index in [-0.39, 0.29) is 0 Å². The van der Waals surface area contributed by atoms with E-state index in [9.17, 15) is 5.11 Å². The molecule has 0 aromatic carbocycles. The van der Waals surface area contributed by atoms with Crippen LogP contribution in [0.5, 0.6) is 0 Å². The van der Waals surface area contributed by atoms with Crippen LogP contribution in [0.25, 0.3) is 0 Å². The van der Waals surface area contributed by atoms with Crippen molar-refractivity contribution < 1.29 is 5.11 Å². The Balaban J connectivity index is 2.01. The molecule has 0 aliphatic carbocycles. The van der Waals surface area contributed by atoms with Crippen molar-refractivity contribution in [1.29, 1.82) is 0 Å². The van der Waals surface area contributed by atoms with Crippen LogP contribution in [0.2, 0.25) is 0 Å². The van der Waals surface area contributed by atoms with Crippen LogP contribution in [0.15, 0.2) is 10.8 Å². The Morgan fingerprint density at radius 2 is 2.00 bits per heavy atom. The predicted molar refractivity (Wildman–Crippen MR) is 82.5 cm³/mol. The highest BCUT2D eigenvalue weighted by atomic mass is 79.9. The van der Waals surface area contributed by atoms with Gasteiger partial charge in [0.25, 0.3) is 0 Å². The van der Waals surface area contributed by atoms with Crippen LogP contribution in [-0.4, -0.2) is 58.3 Å². The second kappa shape index (κ2) is 6.21. The first kappa shape index (κ1) is 15.4. The van der Waals surface area contributed by atoms with Crippen molar-refractivity contribution >= 4 is 27.6 Å². The number of β-amino-alcohol motifs (C(OH)–C–C–N with tert-alkyl or cyclic N) is 1. The Hall–Kier alpha value is -0.960. The zero-order valence-electron chi connectivity index (χ0n) is 11.8. The number of rotatable bonds is 4. The molecule has 8 heteroatoms. The molecule has 1 aromatic rings. The topological polar surface area (TPSA) is 90.5 Å². The molecule has 1 aliphatic rings. The molecule has 112 valence electrons. The summed E-state index contributed by atoms with van der Waals surface area (Å²) in [6, 6.07) is 0. The summed E-state index contributed by atoms with van der Waals surface area (Å²) in [4.78, 5) is 12.8. The predicted octanol–water partition coefficient (Wildman–Crippen LogP) is 0.418. The third-order valence-electron chi connectivity index (χ3n) is 3.19. The van der Waals surface area contributed by atoms with E-state index in [4.69, 9.17) is 5.84 Å². The summed E-state index contributed by atoms with van der Waals surface area (Å²) >= 11 is 3.48. The first-order chi connectivity index (χ1) is 9.40. The lowest BCUT2D eigenvalue weighted by Gasteiger charge is -2.38. The molecule has 1 fully saturated rings. The third kappa shape index (κ3) is 3.78. The van der Waals surface area contributed by atoms with Gasteiger partial charge < -0.3 is 15.4 Å². The Labute approximate surface area is 127 Å². The summed E-state index contributed by atoms with van der Waals surface area (Å²) in [5.74, 6) is 6.84. The molecule has 2 rings (SSSR count). The number of piperazine rings is 1. The summed E-state index contributed by atoms with van der Waals surface area (Å²) in [5, 5.41) is 9.86. The molecule has 1 aliphatic heterocycles. The highest BCUT2D eigenvalue weighted by Gasteiger charge is 2.24. The van der Waals surface area contributed by atoms with Gasteiger partial charge in [0.15, 0.2) is 5.82 Å². The minimum atomic E-state index is -0.658. The number of hydrogen-bond donors (Lipinski definition) is 3. The van der Waals surface area contributed by atoms with Crippen LogP contribution in [0.3, 0.4) is 0 Å². The molecule has 0 amide bonds. The number of nitrogens with one attached hydrogen (secondary N) is 1. The van der Waals surface area contributed by atoms with Crippen molar-refractivity contribution in [3.63, 3.8) is 0 Å². The minimum Gasteiger partial charge on any atom is -0.389 e. The zero-order chi connectivity index (χ0) is 14.8. The molecule has 0 unspecified atom stereocenters. The Morgan fingerprint density at radius 1 is 1.35 bits per heavy atom. The molecule has 2 heterocycles. The number of hydrogen-bond acceptors (Lipinski definition) is 7. The first-order valence-corrected chi connectivity index (χ1v) is 7.37.